The van der Waals surface area contributed by atoms with Crippen molar-refractivity contribution in [2.24, 2.45) is 0 Å². The molecule has 2 aliphatic rings. The van der Waals surface area contributed by atoms with Crippen LogP contribution in [0.2, 0.25) is 0 Å². The number of hydrogen-bond donors (Lipinski definition) is 1. The van der Waals surface area contributed by atoms with Crippen molar-refractivity contribution in [1.29, 1.82) is 0 Å². The van der Waals surface area contributed by atoms with Gasteiger partial charge >= 0.3 is 0 Å². The summed E-state index contributed by atoms with van der Waals surface area (Å²) in [5.41, 5.74) is 2.66. The maximum atomic E-state index is 13.6. The molecular weight excluding hydrogens is 378 g/mol. The van der Waals surface area contributed by atoms with Crippen molar-refractivity contribution in [3.63, 3.8) is 0 Å². The third-order valence-electron chi connectivity index (χ3n) is 6.19. The van der Waals surface area contributed by atoms with Gasteiger partial charge in [0, 0.05) is 6.04 Å². The predicted octanol–water partition coefficient (Wildman–Crippen LogP) is 3.99. The van der Waals surface area contributed by atoms with E-state index >= 15 is 0 Å². The molecule has 0 aliphatic carbocycles. The molecule has 2 aromatic rings. The Bertz CT molecular complexity index is 912. The first-order valence-electron chi connectivity index (χ1n) is 10.7. The molecule has 2 aromatic carbocycles. The average Bonchev–Trinajstić information content (AvgIpc) is 3.03. The van der Waals surface area contributed by atoms with E-state index < -0.39 is 0 Å². The number of methoxy groups -OCH3 is 1. The van der Waals surface area contributed by atoms with Gasteiger partial charge in [0.1, 0.15) is 12.3 Å². The summed E-state index contributed by atoms with van der Waals surface area (Å²) in [6.45, 7) is 2.89. The molecule has 30 heavy (non-hydrogen) atoms. The van der Waals surface area contributed by atoms with E-state index in [0.29, 0.717) is 5.69 Å². The van der Waals surface area contributed by atoms with Crippen LogP contribution in [-0.4, -0.2) is 43.0 Å². The first-order valence-corrected chi connectivity index (χ1v) is 10.7. The maximum Gasteiger partial charge on any atom is 0.244 e. The van der Waals surface area contributed by atoms with Crippen molar-refractivity contribution < 1.29 is 14.3 Å². The zero-order valence-electron chi connectivity index (χ0n) is 17.6. The van der Waals surface area contributed by atoms with Crippen LogP contribution in [0.3, 0.4) is 0 Å². The molecule has 1 fully saturated rings. The summed E-state index contributed by atoms with van der Waals surface area (Å²) >= 11 is 0. The van der Waals surface area contributed by atoms with Gasteiger partial charge in [-0.1, -0.05) is 37.1 Å². The number of amides is 2. The van der Waals surface area contributed by atoms with E-state index in [1.54, 1.807) is 12.0 Å². The minimum atomic E-state index is -0.325. The normalized spacial score (nSPS) is 20.7. The van der Waals surface area contributed by atoms with E-state index in [9.17, 15) is 9.59 Å². The highest BCUT2D eigenvalue weighted by Gasteiger charge is 2.35. The van der Waals surface area contributed by atoms with Crippen molar-refractivity contribution in [2.45, 2.75) is 44.7 Å². The summed E-state index contributed by atoms with van der Waals surface area (Å²) in [4.78, 5) is 29.7. The van der Waals surface area contributed by atoms with Crippen LogP contribution in [0.15, 0.2) is 48.5 Å². The summed E-state index contributed by atoms with van der Waals surface area (Å²) in [7, 11) is 1.67. The first-order chi connectivity index (χ1) is 14.6. The second-order valence-electron chi connectivity index (χ2n) is 8.04. The van der Waals surface area contributed by atoms with Gasteiger partial charge in [0.15, 0.2) is 0 Å². The molecule has 0 spiro atoms. The number of ether oxygens (including phenoxy) is 1. The summed E-state index contributed by atoms with van der Waals surface area (Å²) < 4.78 is 5.30. The summed E-state index contributed by atoms with van der Waals surface area (Å²) in [5, 5.41) is 2.86. The Morgan fingerprint density at radius 3 is 2.63 bits per heavy atom. The molecule has 0 radical (unpaired) electrons. The third kappa shape index (κ3) is 4.05. The lowest BCUT2D eigenvalue weighted by Crippen LogP contribution is -2.52. The van der Waals surface area contributed by atoms with Gasteiger partial charge in [0.2, 0.25) is 11.8 Å². The number of para-hydroxylation sites is 2. The van der Waals surface area contributed by atoms with Crippen LogP contribution in [0.4, 0.5) is 11.4 Å². The van der Waals surface area contributed by atoms with Crippen LogP contribution in [0, 0.1) is 0 Å². The zero-order chi connectivity index (χ0) is 21.1. The van der Waals surface area contributed by atoms with Crippen LogP contribution in [0.1, 0.15) is 44.2 Å². The Labute approximate surface area is 177 Å². The molecule has 0 saturated carbocycles. The summed E-state index contributed by atoms with van der Waals surface area (Å²) in [6.07, 6.45) is 4.39. The van der Waals surface area contributed by atoms with Crippen LogP contribution < -0.4 is 15.0 Å². The van der Waals surface area contributed by atoms with Crippen molar-refractivity contribution >= 4 is 23.2 Å². The van der Waals surface area contributed by atoms with E-state index in [-0.39, 0.29) is 30.4 Å². The number of likely N-dealkylation sites (tertiary alicyclic amines) is 1. The smallest absolute Gasteiger partial charge is 0.244 e. The van der Waals surface area contributed by atoms with E-state index in [1.807, 2.05) is 43.3 Å². The van der Waals surface area contributed by atoms with Crippen LogP contribution in [0.5, 0.6) is 5.75 Å². The second-order valence-corrected chi connectivity index (χ2v) is 8.04. The van der Waals surface area contributed by atoms with E-state index in [1.165, 1.54) is 12.0 Å². The third-order valence-corrected chi connectivity index (χ3v) is 6.19. The number of carbonyl (C=O) groups excluding carboxylic acids is 2. The molecule has 1 N–H and O–H groups in total. The predicted molar refractivity (Wildman–Crippen MR) is 118 cm³/mol. The number of fused-ring (bicyclic) bond motifs is 1. The second kappa shape index (κ2) is 8.88. The van der Waals surface area contributed by atoms with Gasteiger partial charge in [-0.05, 0) is 56.1 Å². The lowest BCUT2D eigenvalue weighted by molar-refractivity contribution is -0.126. The molecule has 2 unspecified atom stereocenters. The number of anilines is 2. The molecule has 4 rings (SSSR count). The van der Waals surface area contributed by atoms with Gasteiger partial charge in [0.05, 0.1) is 24.5 Å². The first kappa shape index (κ1) is 20.4. The minimum Gasteiger partial charge on any atom is -0.497 e. The number of carbonyl (C=O) groups is 2. The lowest BCUT2D eigenvalue weighted by Gasteiger charge is -2.38. The maximum absolute atomic E-state index is 13.6. The highest BCUT2D eigenvalue weighted by atomic mass is 16.5. The fourth-order valence-electron chi connectivity index (χ4n) is 4.58. The number of rotatable bonds is 4. The Morgan fingerprint density at radius 1 is 1.10 bits per heavy atom. The van der Waals surface area contributed by atoms with E-state index in [0.717, 1.165) is 37.2 Å². The van der Waals surface area contributed by atoms with Gasteiger partial charge < -0.3 is 10.1 Å². The minimum absolute atomic E-state index is 0.0299. The van der Waals surface area contributed by atoms with Gasteiger partial charge in [-0.15, -0.1) is 0 Å². The molecule has 0 aromatic heterocycles. The Kier molecular flexibility index (Phi) is 6.04. The molecule has 0 bridgehead atoms. The average molecular weight is 408 g/mol. The van der Waals surface area contributed by atoms with E-state index in [2.05, 4.69) is 22.3 Å². The van der Waals surface area contributed by atoms with Gasteiger partial charge in [-0.3, -0.25) is 19.4 Å². The number of nitrogens with one attached hydrogen (secondary N) is 1. The number of benzene rings is 2. The van der Waals surface area contributed by atoms with Crippen molar-refractivity contribution in [3.05, 3.63) is 54.1 Å². The van der Waals surface area contributed by atoms with Crippen LogP contribution >= 0.6 is 0 Å². The number of nitrogens with zero attached hydrogens (tertiary/aromatic N) is 2. The quantitative estimate of drug-likeness (QED) is 0.833. The van der Waals surface area contributed by atoms with Crippen LogP contribution in [0.25, 0.3) is 0 Å². The Hall–Kier alpha value is -2.86. The molecule has 2 amide bonds. The van der Waals surface area contributed by atoms with Crippen molar-refractivity contribution in [2.75, 3.05) is 30.4 Å². The molecule has 2 heterocycles. The van der Waals surface area contributed by atoms with Crippen molar-refractivity contribution in [3.8, 4) is 5.75 Å². The molecular formula is C24H29N3O3. The topological polar surface area (TPSA) is 61.9 Å². The lowest BCUT2D eigenvalue weighted by atomic mass is 9.99. The number of hydrogen-bond acceptors (Lipinski definition) is 4. The van der Waals surface area contributed by atoms with Gasteiger partial charge in [-0.25, -0.2) is 0 Å². The summed E-state index contributed by atoms with van der Waals surface area (Å²) in [6, 6.07) is 15.5. The monoisotopic (exact) mass is 407 g/mol. The largest absolute Gasteiger partial charge is 0.497 e. The van der Waals surface area contributed by atoms with Crippen molar-refractivity contribution in [1.82, 2.24) is 4.90 Å². The highest BCUT2D eigenvalue weighted by molar-refractivity contribution is 6.11. The summed E-state index contributed by atoms with van der Waals surface area (Å²) in [5.74, 6) is 0.647. The zero-order valence-corrected chi connectivity index (χ0v) is 17.6. The molecule has 6 heteroatoms. The standard InChI is InChI=1S/C24H29N3O3/c1-17(24(29)27-16-23(28)25-20-8-5-6-10-22(20)27)26-15-7-3-4-9-21(26)18-11-13-19(30-2)14-12-18/h5-6,8,10-14,17,21H,3-4,7,9,15-16H2,1-2H3,(H,25,28). The van der Waals surface area contributed by atoms with Gasteiger partial charge in [0.25, 0.3) is 0 Å². The SMILES string of the molecule is COc1ccc(C2CCCCCN2C(C)C(=O)N2CC(=O)Nc3ccccc32)cc1. The Balaban J connectivity index is 1.61. The fraction of sp³-hybridized carbons (Fsp3) is 0.417. The molecule has 6 nitrogen and oxygen atoms in total. The fourth-order valence-corrected chi connectivity index (χ4v) is 4.58. The molecule has 158 valence electrons. The van der Waals surface area contributed by atoms with E-state index in [4.69, 9.17) is 4.74 Å². The van der Waals surface area contributed by atoms with Crippen LogP contribution in [-0.2, 0) is 9.59 Å². The molecule has 2 atom stereocenters. The Morgan fingerprint density at radius 2 is 1.87 bits per heavy atom. The van der Waals surface area contributed by atoms with Gasteiger partial charge in [-0.2, -0.15) is 0 Å². The molecule has 2 aliphatic heterocycles. The highest BCUT2D eigenvalue weighted by Crippen LogP contribution is 2.35. The molecule has 1 saturated heterocycles.